The van der Waals surface area contributed by atoms with Gasteiger partial charge in [-0.15, -0.1) is 23.2 Å². The summed E-state index contributed by atoms with van der Waals surface area (Å²) in [6, 6.07) is 8.49. The van der Waals surface area contributed by atoms with Crippen molar-refractivity contribution in [3.8, 4) is 5.69 Å². The number of hydrogen-bond acceptors (Lipinski definition) is 2. The van der Waals surface area contributed by atoms with Crippen molar-refractivity contribution in [3.63, 3.8) is 0 Å². The van der Waals surface area contributed by atoms with E-state index >= 15 is 0 Å². The molecule has 5 nitrogen and oxygen atoms in total. The summed E-state index contributed by atoms with van der Waals surface area (Å²) in [5.41, 5.74) is -0.108. The van der Waals surface area contributed by atoms with Gasteiger partial charge in [-0.05, 0) is 25.0 Å². The molecule has 0 spiro atoms. The molecule has 0 radical (unpaired) electrons. The maximum Gasteiger partial charge on any atom is 0.352 e. The van der Waals surface area contributed by atoms with Crippen LogP contribution in [0.3, 0.4) is 0 Å². The summed E-state index contributed by atoms with van der Waals surface area (Å²) >= 11 is 12.7. The average Bonchev–Trinajstić information content (AvgIpc) is 2.78. The monoisotopic (exact) mass is 325 g/mol. The van der Waals surface area contributed by atoms with Gasteiger partial charge in [-0.1, -0.05) is 18.2 Å². The minimum Gasteiger partial charge on any atom is -0.245 e. The number of fused-ring (bicyclic) bond motifs is 2. The zero-order valence-electron chi connectivity index (χ0n) is 11.0. The maximum atomic E-state index is 12.7. The van der Waals surface area contributed by atoms with Crippen molar-refractivity contribution >= 4 is 23.2 Å². The van der Waals surface area contributed by atoms with E-state index in [1.54, 1.807) is 24.3 Å². The molecule has 0 unspecified atom stereocenters. The molecule has 3 heterocycles. The number of nitrogens with zero attached hydrogens (tertiary/aromatic N) is 3. The fraction of sp³-hybridized carbons (Fsp3) is 0.429. The molecule has 1 fully saturated rings. The Labute approximate surface area is 130 Å². The third kappa shape index (κ3) is 1.64. The SMILES string of the molecule is O=c1n(-c2ccccc2)c(=O)n2n1[C@@H]1CC[C@H]2[C@H](Cl)[C@H]1Cl. The molecule has 3 aliphatic rings. The largest absolute Gasteiger partial charge is 0.352 e. The first-order valence-corrected chi connectivity index (χ1v) is 7.78. The van der Waals surface area contributed by atoms with Crippen molar-refractivity contribution in [2.75, 3.05) is 0 Å². The third-order valence-corrected chi connectivity index (χ3v) is 5.70. The van der Waals surface area contributed by atoms with Crippen LogP contribution in [0.2, 0.25) is 0 Å². The molecule has 5 rings (SSSR count). The summed E-state index contributed by atoms with van der Waals surface area (Å²) in [6.07, 6.45) is 1.56. The topological polar surface area (TPSA) is 48.9 Å². The van der Waals surface area contributed by atoms with Crippen molar-refractivity contribution in [1.82, 2.24) is 13.9 Å². The van der Waals surface area contributed by atoms with E-state index < -0.39 is 0 Å². The Morgan fingerprint density at radius 3 is 1.81 bits per heavy atom. The molecule has 2 bridgehead atoms. The predicted octanol–water partition coefficient (Wildman–Crippen LogP) is 1.91. The van der Waals surface area contributed by atoms with Crippen LogP contribution in [0.1, 0.15) is 24.9 Å². The fourth-order valence-corrected chi connectivity index (χ4v) is 4.27. The summed E-state index contributed by atoms with van der Waals surface area (Å²) in [6.45, 7) is 0. The van der Waals surface area contributed by atoms with Crippen molar-refractivity contribution < 1.29 is 0 Å². The number of hydrogen-bond donors (Lipinski definition) is 0. The van der Waals surface area contributed by atoms with Crippen LogP contribution in [0.15, 0.2) is 39.9 Å². The molecule has 0 amide bonds. The van der Waals surface area contributed by atoms with Crippen LogP contribution in [0.4, 0.5) is 0 Å². The number of alkyl halides is 2. The van der Waals surface area contributed by atoms with Gasteiger partial charge in [0.05, 0.1) is 28.5 Å². The van der Waals surface area contributed by atoms with E-state index in [0.29, 0.717) is 5.69 Å². The summed E-state index contributed by atoms with van der Waals surface area (Å²) in [5.74, 6) is 0. The first-order valence-electron chi connectivity index (χ1n) is 6.91. The lowest BCUT2D eigenvalue weighted by atomic mass is 9.88. The molecule has 21 heavy (non-hydrogen) atoms. The molecule has 1 aromatic carbocycles. The van der Waals surface area contributed by atoms with Gasteiger partial charge in [-0.25, -0.2) is 23.5 Å². The van der Waals surface area contributed by atoms with E-state index in [1.165, 1.54) is 13.9 Å². The first-order chi connectivity index (χ1) is 10.1. The summed E-state index contributed by atoms with van der Waals surface area (Å²) in [4.78, 5) is 25.4. The van der Waals surface area contributed by atoms with Crippen LogP contribution in [-0.2, 0) is 0 Å². The maximum absolute atomic E-state index is 12.7. The first kappa shape index (κ1) is 13.2. The highest BCUT2D eigenvalue weighted by Crippen LogP contribution is 2.44. The Balaban J connectivity index is 2.02. The third-order valence-electron chi connectivity index (χ3n) is 4.45. The number of halogens is 2. The smallest absolute Gasteiger partial charge is 0.245 e. The summed E-state index contributed by atoms with van der Waals surface area (Å²) in [5, 5.41) is -0.650. The zero-order chi connectivity index (χ0) is 14.7. The second-order valence-corrected chi connectivity index (χ2v) is 6.53. The van der Waals surface area contributed by atoms with Crippen molar-refractivity contribution in [2.24, 2.45) is 0 Å². The van der Waals surface area contributed by atoms with Crippen molar-refractivity contribution in [1.29, 1.82) is 0 Å². The Bertz CT molecular complexity index is 760. The molecule has 0 saturated heterocycles. The molecule has 2 aliphatic heterocycles. The van der Waals surface area contributed by atoms with Gasteiger partial charge in [-0.3, -0.25) is 0 Å². The molecular formula is C14H13Cl2N3O2. The molecule has 4 atom stereocenters. The fourth-order valence-electron chi connectivity index (χ4n) is 3.47. The van der Waals surface area contributed by atoms with E-state index in [9.17, 15) is 9.59 Å². The highest BCUT2D eigenvalue weighted by molar-refractivity contribution is 6.30. The van der Waals surface area contributed by atoms with Gasteiger partial charge < -0.3 is 0 Å². The molecule has 1 aromatic heterocycles. The predicted molar refractivity (Wildman–Crippen MR) is 80.9 cm³/mol. The van der Waals surface area contributed by atoms with Crippen LogP contribution < -0.4 is 11.4 Å². The molecular weight excluding hydrogens is 313 g/mol. The van der Waals surface area contributed by atoms with E-state index in [4.69, 9.17) is 23.2 Å². The number of benzene rings is 1. The lowest BCUT2D eigenvalue weighted by molar-refractivity contribution is 0.145. The zero-order valence-corrected chi connectivity index (χ0v) is 12.5. The summed E-state index contributed by atoms with van der Waals surface area (Å²) in [7, 11) is 0. The van der Waals surface area contributed by atoms with E-state index in [2.05, 4.69) is 0 Å². The second-order valence-electron chi connectivity index (χ2n) is 5.53. The van der Waals surface area contributed by atoms with E-state index in [-0.39, 0.29) is 34.2 Å². The van der Waals surface area contributed by atoms with Crippen LogP contribution in [0, 0.1) is 0 Å². The van der Waals surface area contributed by atoms with Gasteiger partial charge in [0.25, 0.3) is 0 Å². The number of rotatable bonds is 1. The average molecular weight is 326 g/mol. The highest BCUT2D eigenvalue weighted by atomic mass is 35.5. The van der Waals surface area contributed by atoms with Gasteiger partial charge >= 0.3 is 11.4 Å². The molecule has 7 heteroatoms. The van der Waals surface area contributed by atoms with Crippen LogP contribution in [0.5, 0.6) is 0 Å². The van der Waals surface area contributed by atoms with Gasteiger partial charge in [0.15, 0.2) is 0 Å². The molecule has 1 saturated carbocycles. The molecule has 1 aliphatic carbocycles. The lowest BCUT2D eigenvalue weighted by Gasteiger charge is -2.44. The van der Waals surface area contributed by atoms with Crippen molar-refractivity contribution in [2.45, 2.75) is 35.7 Å². The van der Waals surface area contributed by atoms with E-state index in [0.717, 1.165) is 12.8 Å². The van der Waals surface area contributed by atoms with Crippen molar-refractivity contribution in [3.05, 3.63) is 51.3 Å². The van der Waals surface area contributed by atoms with E-state index in [1.807, 2.05) is 6.07 Å². The van der Waals surface area contributed by atoms with Crippen LogP contribution >= 0.6 is 23.2 Å². The quantitative estimate of drug-likeness (QED) is 0.752. The Morgan fingerprint density at radius 1 is 0.857 bits per heavy atom. The molecule has 0 N–H and O–H groups in total. The standard InChI is InChI=1S/C14H13Cl2N3O2/c15-11-9-6-7-10(12(11)16)19-14(21)17(13(20)18(9)19)8-4-2-1-3-5-8/h1-5,9-12H,6-7H2/t9-,10+,11-,12-/m0/s1. The Kier molecular flexibility index (Phi) is 2.84. The normalized spacial score (nSPS) is 30.4. The Hall–Kier alpha value is -1.46. The van der Waals surface area contributed by atoms with Crippen LogP contribution in [0.25, 0.3) is 5.69 Å². The lowest BCUT2D eigenvalue weighted by Crippen LogP contribution is -2.52. The van der Waals surface area contributed by atoms with Gasteiger partial charge in [-0.2, -0.15) is 0 Å². The number of para-hydroxylation sites is 1. The number of aromatic nitrogens is 3. The summed E-state index contributed by atoms with van der Waals surface area (Å²) < 4.78 is 4.20. The Morgan fingerprint density at radius 2 is 1.33 bits per heavy atom. The minimum absolute atomic E-state index is 0.218. The minimum atomic E-state index is -0.338. The van der Waals surface area contributed by atoms with Gasteiger partial charge in [0.2, 0.25) is 0 Å². The molecule has 2 aromatic rings. The van der Waals surface area contributed by atoms with Gasteiger partial charge in [0.1, 0.15) is 0 Å². The highest BCUT2D eigenvalue weighted by Gasteiger charge is 2.48. The van der Waals surface area contributed by atoms with Gasteiger partial charge in [0, 0.05) is 0 Å². The molecule has 110 valence electrons. The van der Waals surface area contributed by atoms with Crippen LogP contribution in [-0.4, -0.2) is 24.7 Å². The second kappa shape index (κ2) is 4.52.